The molecule has 0 N–H and O–H groups in total. The van der Waals surface area contributed by atoms with Gasteiger partial charge in [-0.3, -0.25) is 4.98 Å². The Morgan fingerprint density at radius 3 is 2.41 bits per heavy atom. The molecule has 0 aliphatic carbocycles. The first-order chi connectivity index (χ1) is 19.3. The molecule has 184 valence electrons. The fourth-order valence-corrected chi connectivity index (χ4v) is 5.87. The minimum Gasteiger partial charge on any atom is -0.436 e. The number of aromatic nitrogens is 4. The number of para-hydroxylation sites is 3. The first-order valence-electron chi connectivity index (χ1n) is 12.7. The van der Waals surface area contributed by atoms with Crippen molar-refractivity contribution in [2.24, 2.45) is 0 Å². The van der Waals surface area contributed by atoms with Gasteiger partial charge in [-0.15, -0.1) is 11.3 Å². The average Bonchev–Trinajstić information content (AvgIpc) is 3.75. The van der Waals surface area contributed by atoms with E-state index in [1.54, 1.807) is 11.3 Å². The summed E-state index contributed by atoms with van der Waals surface area (Å²) in [6.07, 6.45) is 3.71. The SMILES string of the molecule is c1cc(-c2ccc(-c3nccs3)cn2)cc(-n2c3ccccc3c3ccc(-c4nc5ccccc5o4)cc32)c1. The molecule has 0 aliphatic rings. The van der Waals surface area contributed by atoms with Gasteiger partial charge >= 0.3 is 0 Å². The van der Waals surface area contributed by atoms with E-state index >= 15 is 0 Å². The summed E-state index contributed by atoms with van der Waals surface area (Å²) in [7, 11) is 0. The van der Waals surface area contributed by atoms with Gasteiger partial charge in [0.05, 0.1) is 16.7 Å². The molecular weight excluding hydrogens is 500 g/mol. The molecule has 6 heteroatoms. The Labute approximate surface area is 227 Å². The number of fused-ring (bicyclic) bond motifs is 4. The van der Waals surface area contributed by atoms with E-state index < -0.39 is 0 Å². The molecule has 39 heavy (non-hydrogen) atoms. The molecular formula is C33H20N4OS. The zero-order chi connectivity index (χ0) is 25.8. The fourth-order valence-electron chi connectivity index (χ4n) is 5.24. The van der Waals surface area contributed by atoms with Gasteiger partial charge in [0.15, 0.2) is 5.58 Å². The van der Waals surface area contributed by atoms with Gasteiger partial charge in [-0.25, -0.2) is 9.97 Å². The van der Waals surface area contributed by atoms with Crippen LogP contribution in [0.1, 0.15) is 0 Å². The van der Waals surface area contributed by atoms with Crippen molar-refractivity contribution in [3.8, 4) is 39.0 Å². The van der Waals surface area contributed by atoms with Gasteiger partial charge in [0.2, 0.25) is 5.89 Å². The van der Waals surface area contributed by atoms with Crippen molar-refractivity contribution in [3.63, 3.8) is 0 Å². The number of benzene rings is 4. The number of hydrogen-bond acceptors (Lipinski definition) is 5. The Morgan fingerprint density at radius 1 is 0.667 bits per heavy atom. The van der Waals surface area contributed by atoms with Gasteiger partial charge < -0.3 is 8.98 Å². The number of thiazole rings is 1. The number of pyridine rings is 1. The van der Waals surface area contributed by atoms with Crippen LogP contribution in [0.4, 0.5) is 0 Å². The monoisotopic (exact) mass is 520 g/mol. The number of rotatable bonds is 4. The van der Waals surface area contributed by atoms with Gasteiger partial charge in [-0.2, -0.15) is 0 Å². The highest BCUT2D eigenvalue weighted by molar-refractivity contribution is 7.13. The molecule has 0 aliphatic heterocycles. The van der Waals surface area contributed by atoms with Crippen molar-refractivity contribution in [2.45, 2.75) is 0 Å². The van der Waals surface area contributed by atoms with Crippen LogP contribution >= 0.6 is 11.3 Å². The maximum absolute atomic E-state index is 6.10. The largest absolute Gasteiger partial charge is 0.436 e. The summed E-state index contributed by atoms with van der Waals surface area (Å²) in [4.78, 5) is 13.9. The quantitative estimate of drug-likeness (QED) is 0.233. The van der Waals surface area contributed by atoms with E-state index in [4.69, 9.17) is 14.4 Å². The van der Waals surface area contributed by atoms with Crippen molar-refractivity contribution >= 4 is 44.2 Å². The third-order valence-corrected chi connectivity index (χ3v) is 7.88. The average molecular weight is 521 g/mol. The molecule has 0 saturated heterocycles. The summed E-state index contributed by atoms with van der Waals surface area (Å²) in [5.74, 6) is 0.619. The van der Waals surface area contributed by atoms with E-state index in [2.05, 4.69) is 88.4 Å². The molecule has 0 saturated carbocycles. The highest BCUT2D eigenvalue weighted by Crippen LogP contribution is 2.36. The highest BCUT2D eigenvalue weighted by atomic mass is 32.1. The van der Waals surface area contributed by atoms with Gasteiger partial charge in [0.1, 0.15) is 10.5 Å². The molecule has 0 unspecified atom stereocenters. The minimum atomic E-state index is 0.619. The van der Waals surface area contributed by atoms with E-state index in [-0.39, 0.29) is 0 Å². The molecule has 4 aromatic heterocycles. The Hall–Kier alpha value is -5.07. The summed E-state index contributed by atoms with van der Waals surface area (Å²) in [5, 5.41) is 5.34. The van der Waals surface area contributed by atoms with Crippen molar-refractivity contribution in [2.75, 3.05) is 0 Å². The summed E-state index contributed by atoms with van der Waals surface area (Å²) in [5.41, 5.74) is 8.90. The van der Waals surface area contributed by atoms with Crippen LogP contribution in [0.15, 0.2) is 125 Å². The first kappa shape index (κ1) is 22.0. The molecule has 5 nitrogen and oxygen atoms in total. The van der Waals surface area contributed by atoms with Crippen LogP contribution in [0, 0.1) is 0 Å². The second-order valence-electron chi connectivity index (χ2n) is 9.39. The van der Waals surface area contributed by atoms with Crippen LogP contribution in [0.5, 0.6) is 0 Å². The second kappa shape index (κ2) is 8.75. The Balaban J connectivity index is 1.28. The van der Waals surface area contributed by atoms with E-state index in [1.807, 2.05) is 42.0 Å². The molecule has 8 aromatic rings. The van der Waals surface area contributed by atoms with Crippen LogP contribution in [-0.4, -0.2) is 19.5 Å². The van der Waals surface area contributed by atoms with Crippen LogP contribution in [0.25, 0.3) is 71.9 Å². The third-order valence-electron chi connectivity index (χ3n) is 7.06. The number of oxazole rings is 1. The van der Waals surface area contributed by atoms with Crippen molar-refractivity contribution in [3.05, 3.63) is 121 Å². The van der Waals surface area contributed by atoms with E-state index in [9.17, 15) is 0 Å². The Kier molecular flexibility index (Phi) is 4.93. The van der Waals surface area contributed by atoms with E-state index in [0.717, 1.165) is 55.2 Å². The lowest BCUT2D eigenvalue weighted by molar-refractivity contribution is 0.620. The summed E-state index contributed by atoms with van der Waals surface area (Å²) >= 11 is 1.62. The predicted octanol–water partition coefficient (Wildman–Crippen LogP) is 8.78. The standard InChI is InChI=1S/C33H20N4OS/c1-3-10-29-25(8-1)26-14-12-22(32-36-28-9-2-4-11-31(28)38-32)19-30(26)37(29)24-7-5-6-21(18-24)27-15-13-23(20-35-27)33-34-16-17-39-33/h1-20H. The Morgan fingerprint density at radius 2 is 1.54 bits per heavy atom. The maximum Gasteiger partial charge on any atom is 0.227 e. The highest BCUT2D eigenvalue weighted by Gasteiger charge is 2.16. The van der Waals surface area contributed by atoms with Crippen LogP contribution < -0.4 is 0 Å². The van der Waals surface area contributed by atoms with Gasteiger partial charge in [0.25, 0.3) is 0 Å². The third kappa shape index (κ3) is 3.65. The molecule has 0 amide bonds. The van der Waals surface area contributed by atoms with E-state index in [1.165, 1.54) is 10.8 Å². The second-order valence-corrected chi connectivity index (χ2v) is 10.3. The molecule has 0 atom stereocenters. The van der Waals surface area contributed by atoms with Gasteiger partial charge in [0, 0.05) is 50.9 Å². The predicted molar refractivity (Wildman–Crippen MR) is 158 cm³/mol. The molecule has 4 heterocycles. The molecule has 4 aromatic carbocycles. The molecule has 8 rings (SSSR count). The summed E-state index contributed by atoms with van der Waals surface area (Å²) in [6.45, 7) is 0. The summed E-state index contributed by atoms with van der Waals surface area (Å²) in [6, 6.07) is 35.5. The van der Waals surface area contributed by atoms with Crippen molar-refractivity contribution in [1.29, 1.82) is 0 Å². The van der Waals surface area contributed by atoms with Crippen molar-refractivity contribution < 1.29 is 4.42 Å². The molecule has 0 fully saturated rings. The number of nitrogens with zero attached hydrogens (tertiary/aromatic N) is 4. The van der Waals surface area contributed by atoms with Crippen LogP contribution in [-0.2, 0) is 0 Å². The topological polar surface area (TPSA) is 56.7 Å². The van der Waals surface area contributed by atoms with E-state index in [0.29, 0.717) is 5.89 Å². The smallest absolute Gasteiger partial charge is 0.227 e. The molecule has 0 radical (unpaired) electrons. The number of hydrogen-bond donors (Lipinski definition) is 0. The zero-order valence-corrected chi connectivity index (χ0v) is 21.5. The molecule has 0 spiro atoms. The lowest BCUT2D eigenvalue weighted by atomic mass is 10.1. The van der Waals surface area contributed by atoms with Gasteiger partial charge in [-0.05, 0) is 54.6 Å². The Bertz CT molecular complexity index is 2090. The van der Waals surface area contributed by atoms with Gasteiger partial charge in [-0.1, -0.05) is 48.5 Å². The van der Waals surface area contributed by atoms with Crippen LogP contribution in [0.3, 0.4) is 0 Å². The molecule has 0 bridgehead atoms. The zero-order valence-electron chi connectivity index (χ0n) is 20.7. The maximum atomic E-state index is 6.10. The fraction of sp³-hybridized carbons (Fsp3) is 0. The lowest BCUT2D eigenvalue weighted by Crippen LogP contribution is -1.95. The lowest BCUT2D eigenvalue weighted by Gasteiger charge is -2.10. The minimum absolute atomic E-state index is 0.619. The first-order valence-corrected chi connectivity index (χ1v) is 13.6. The summed E-state index contributed by atoms with van der Waals surface area (Å²) < 4.78 is 8.41. The normalized spacial score (nSPS) is 11.6. The van der Waals surface area contributed by atoms with Crippen LogP contribution in [0.2, 0.25) is 0 Å². The van der Waals surface area contributed by atoms with Crippen molar-refractivity contribution in [1.82, 2.24) is 19.5 Å².